The highest BCUT2D eigenvalue weighted by molar-refractivity contribution is 9.10. The van der Waals surface area contributed by atoms with Crippen molar-refractivity contribution in [3.63, 3.8) is 0 Å². The van der Waals surface area contributed by atoms with E-state index in [2.05, 4.69) is 15.9 Å². The number of hydrogen-bond donors (Lipinski definition) is 1. The fourth-order valence-corrected chi connectivity index (χ4v) is 2.62. The summed E-state index contributed by atoms with van der Waals surface area (Å²) in [7, 11) is 0. The van der Waals surface area contributed by atoms with Crippen molar-refractivity contribution in [2.75, 3.05) is 13.1 Å². The molecule has 2 rings (SSSR count). The number of carbonyl (C=O) groups excluding carboxylic acids is 1. The van der Waals surface area contributed by atoms with Gasteiger partial charge in [-0.25, -0.2) is 4.39 Å². The van der Waals surface area contributed by atoms with E-state index in [9.17, 15) is 14.0 Å². The quantitative estimate of drug-likeness (QED) is 0.927. The Morgan fingerprint density at radius 3 is 2.84 bits per heavy atom. The second kappa shape index (κ2) is 5.69. The van der Waals surface area contributed by atoms with Gasteiger partial charge in [-0.05, 0) is 46.5 Å². The molecule has 1 aliphatic heterocycles. The Labute approximate surface area is 118 Å². The number of halogens is 2. The van der Waals surface area contributed by atoms with Crippen molar-refractivity contribution in [1.82, 2.24) is 4.90 Å². The van der Waals surface area contributed by atoms with Gasteiger partial charge in [-0.15, -0.1) is 0 Å². The van der Waals surface area contributed by atoms with Crippen LogP contribution in [0.4, 0.5) is 4.39 Å². The van der Waals surface area contributed by atoms with Gasteiger partial charge in [0.2, 0.25) is 0 Å². The zero-order valence-corrected chi connectivity index (χ0v) is 11.7. The molecule has 1 unspecified atom stereocenters. The topological polar surface area (TPSA) is 57.6 Å². The van der Waals surface area contributed by atoms with Crippen LogP contribution < -0.4 is 0 Å². The minimum atomic E-state index is -0.844. The van der Waals surface area contributed by atoms with E-state index in [0.29, 0.717) is 25.1 Å². The van der Waals surface area contributed by atoms with Gasteiger partial charge >= 0.3 is 5.97 Å². The van der Waals surface area contributed by atoms with Gasteiger partial charge in [0, 0.05) is 25.1 Å². The second-order valence-corrected chi connectivity index (χ2v) is 5.49. The predicted molar refractivity (Wildman–Crippen MR) is 70.4 cm³/mol. The van der Waals surface area contributed by atoms with Gasteiger partial charge in [0.05, 0.1) is 4.47 Å². The number of carboxylic acid groups (broad SMARTS) is 1. The summed E-state index contributed by atoms with van der Waals surface area (Å²) in [6.07, 6.45) is 0.775. The van der Waals surface area contributed by atoms with Crippen LogP contribution in [0.25, 0.3) is 0 Å². The highest BCUT2D eigenvalue weighted by atomic mass is 79.9. The Morgan fingerprint density at radius 2 is 2.21 bits per heavy atom. The summed E-state index contributed by atoms with van der Waals surface area (Å²) >= 11 is 3.04. The van der Waals surface area contributed by atoms with Gasteiger partial charge in [-0.3, -0.25) is 9.59 Å². The number of nitrogens with zero attached hydrogens (tertiary/aromatic N) is 1. The average Bonchev–Trinajstić information content (AvgIpc) is 2.79. The van der Waals surface area contributed by atoms with Gasteiger partial charge in [-0.2, -0.15) is 0 Å². The molecule has 0 aliphatic carbocycles. The van der Waals surface area contributed by atoms with E-state index in [1.807, 2.05) is 0 Å². The number of carboxylic acids is 1. The Morgan fingerprint density at radius 1 is 1.47 bits per heavy atom. The first-order valence-corrected chi connectivity index (χ1v) is 6.73. The molecule has 0 spiro atoms. The molecule has 4 nitrogen and oxygen atoms in total. The molecule has 1 fully saturated rings. The monoisotopic (exact) mass is 329 g/mol. The normalized spacial score (nSPS) is 18.6. The molecule has 102 valence electrons. The van der Waals surface area contributed by atoms with E-state index in [4.69, 9.17) is 5.11 Å². The number of benzene rings is 1. The van der Waals surface area contributed by atoms with Gasteiger partial charge in [0.25, 0.3) is 5.91 Å². The van der Waals surface area contributed by atoms with Crippen LogP contribution in [-0.4, -0.2) is 35.0 Å². The van der Waals surface area contributed by atoms with Crippen LogP contribution in [0.3, 0.4) is 0 Å². The van der Waals surface area contributed by atoms with E-state index in [-0.39, 0.29) is 22.7 Å². The molecule has 1 aromatic rings. The van der Waals surface area contributed by atoms with Crippen LogP contribution in [0, 0.1) is 11.7 Å². The third kappa shape index (κ3) is 3.32. The Hall–Kier alpha value is -1.43. The summed E-state index contributed by atoms with van der Waals surface area (Å²) in [6.45, 7) is 0.992. The van der Waals surface area contributed by atoms with Crippen LogP contribution in [0.15, 0.2) is 22.7 Å². The summed E-state index contributed by atoms with van der Waals surface area (Å²) in [5, 5.41) is 8.73. The summed E-state index contributed by atoms with van der Waals surface area (Å²) < 4.78 is 13.4. The molecule has 0 bridgehead atoms. The zero-order valence-electron chi connectivity index (χ0n) is 10.1. The van der Waals surface area contributed by atoms with Crippen LogP contribution in [0.2, 0.25) is 0 Å². The van der Waals surface area contributed by atoms with Crippen LogP contribution in [0.5, 0.6) is 0 Å². The first-order valence-electron chi connectivity index (χ1n) is 5.93. The summed E-state index contributed by atoms with van der Waals surface area (Å²) in [4.78, 5) is 24.4. The lowest BCUT2D eigenvalue weighted by Gasteiger charge is -2.16. The summed E-state index contributed by atoms with van der Waals surface area (Å²) in [5.74, 6) is -1.44. The molecule has 1 aromatic carbocycles. The van der Waals surface area contributed by atoms with E-state index in [0.717, 1.165) is 0 Å². The molecule has 1 N–H and O–H groups in total. The zero-order chi connectivity index (χ0) is 14.0. The van der Waals surface area contributed by atoms with Gasteiger partial charge in [0.1, 0.15) is 5.82 Å². The molecule has 1 atom stereocenters. The Balaban J connectivity index is 2.04. The number of likely N-dealkylation sites (tertiary alicyclic amines) is 1. The minimum absolute atomic E-state index is 0.00494. The average molecular weight is 330 g/mol. The van der Waals surface area contributed by atoms with Crippen molar-refractivity contribution in [1.29, 1.82) is 0 Å². The third-order valence-electron chi connectivity index (χ3n) is 3.20. The standard InChI is InChI=1S/C13H13BrFNO3/c14-10-6-9(1-2-11(10)15)13(19)16-4-3-8(7-16)5-12(17)18/h1-2,6,8H,3-5,7H2,(H,17,18). The molecule has 1 saturated heterocycles. The largest absolute Gasteiger partial charge is 0.481 e. The van der Waals surface area contributed by atoms with Crippen molar-refractivity contribution in [2.24, 2.45) is 5.92 Å². The Kier molecular flexibility index (Phi) is 4.19. The van der Waals surface area contributed by atoms with Gasteiger partial charge in [0.15, 0.2) is 0 Å². The lowest BCUT2D eigenvalue weighted by molar-refractivity contribution is -0.138. The van der Waals surface area contributed by atoms with Crippen LogP contribution >= 0.6 is 15.9 Å². The van der Waals surface area contributed by atoms with Crippen LogP contribution in [-0.2, 0) is 4.79 Å². The second-order valence-electron chi connectivity index (χ2n) is 4.63. The highest BCUT2D eigenvalue weighted by Gasteiger charge is 2.28. The number of carbonyl (C=O) groups is 2. The molecule has 0 aromatic heterocycles. The van der Waals surface area contributed by atoms with E-state index in [1.54, 1.807) is 4.90 Å². The maximum Gasteiger partial charge on any atom is 0.303 e. The van der Waals surface area contributed by atoms with Crippen molar-refractivity contribution in [3.8, 4) is 0 Å². The molecule has 0 radical (unpaired) electrons. The number of rotatable bonds is 3. The molecule has 6 heteroatoms. The predicted octanol–water partition coefficient (Wildman–Crippen LogP) is 2.53. The smallest absolute Gasteiger partial charge is 0.303 e. The Bertz CT molecular complexity index is 521. The number of hydrogen-bond acceptors (Lipinski definition) is 2. The summed E-state index contributed by atoms with van der Waals surface area (Å²) in [6, 6.07) is 4.12. The van der Waals surface area contributed by atoms with Crippen molar-refractivity contribution in [2.45, 2.75) is 12.8 Å². The van der Waals surface area contributed by atoms with Gasteiger partial charge in [-0.1, -0.05) is 0 Å². The molecule has 0 saturated carbocycles. The van der Waals surface area contributed by atoms with E-state index >= 15 is 0 Å². The number of aliphatic carboxylic acids is 1. The first-order chi connectivity index (χ1) is 8.97. The first kappa shape index (κ1) is 14.0. The molecule has 1 amide bonds. The van der Waals surface area contributed by atoms with Crippen molar-refractivity contribution < 1.29 is 19.1 Å². The summed E-state index contributed by atoms with van der Waals surface area (Å²) in [5.41, 5.74) is 0.407. The highest BCUT2D eigenvalue weighted by Crippen LogP contribution is 2.23. The molecular weight excluding hydrogens is 317 g/mol. The SMILES string of the molecule is O=C(O)CC1CCN(C(=O)c2ccc(F)c(Br)c2)C1. The molecule has 1 aliphatic rings. The molecule has 19 heavy (non-hydrogen) atoms. The van der Waals surface area contributed by atoms with E-state index < -0.39 is 11.8 Å². The van der Waals surface area contributed by atoms with E-state index in [1.165, 1.54) is 18.2 Å². The maximum absolute atomic E-state index is 13.1. The fourth-order valence-electron chi connectivity index (χ4n) is 2.24. The van der Waals surface area contributed by atoms with Gasteiger partial charge < -0.3 is 10.0 Å². The molecular formula is C13H13BrFNO3. The van der Waals surface area contributed by atoms with Crippen molar-refractivity contribution in [3.05, 3.63) is 34.1 Å². The molecule has 1 heterocycles. The van der Waals surface area contributed by atoms with Crippen molar-refractivity contribution >= 4 is 27.8 Å². The fraction of sp³-hybridized carbons (Fsp3) is 0.385. The minimum Gasteiger partial charge on any atom is -0.481 e. The third-order valence-corrected chi connectivity index (χ3v) is 3.81. The maximum atomic E-state index is 13.1. The lowest BCUT2D eigenvalue weighted by atomic mass is 10.1. The lowest BCUT2D eigenvalue weighted by Crippen LogP contribution is -2.29. The van der Waals surface area contributed by atoms with Crippen LogP contribution in [0.1, 0.15) is 23.2 Å². The number of amides is 1.